The van der Waals surface area contributed by atoms with E-state index < -0.39 is 0 Å². The number of rotatable bonds is 3. The third-order valence-corrected chi connectivity index (χ3v) is 4.31. The molecule has 0 bridgehead atoms. The molecule has 0 saturated heterocycles. The van der Waals surface area contributed by atoms with E-state index in [1.807, 2.05) is 17.5 Å². The van der Waals surface area contributed by atoms with Gasteiger partial charge in [-0.2, -0.15) is 0 Å². The van der Waals surface area contributed by atoms with E-state index in [1.165, 1.54) is 11.3 Å². The summed E-state index contributed by atoms with van der Waals surface area (Å²) in [7, 11) is 0. The van der Waals surface area contributed by atoms with E-state index in [2.05, 4.69) is 36.8 Å². The quantitative estimate of drug-likeness (QED) is 0.771. The van der Waals surface area contributed by atoms with E-state index in [-0.39, 0.29) is 5.78 Å². The number of aromatic nitrogens is 1. The molecular weight excluding hydrogens is 354 g/mol. The maximum absolute atomic E-state index is 11.9. The van der Waals surface area contributed by atoms with Crippen molar-refractivity contribution in [3.63, 3.8) is 0 Å². The van der Waals surface area contributed by atoms with E-state index in [9.17, 15) is 4.79 Å². The van der Waals surface area contributed by atoms with Gasteiger partial charge in [0.05, 0.1) is 4.88 Å². The fourth-order valence-corrected chi connectivity index (χ4v) is 3.26. The summed E-state index contributed by atoms with van der Waals surface area (Å²) in [6.07, 6.45) is 3.80. The van der Waals surface area contributed by atoms with E-state index >= 15 is 0 Å². The molecule has 16 heavy (non-hydrogen) atoms. The van der Waals surface area contributed by atoms with Gasteiger partial charge < -0.3 is 0 Å². The highest BCUT2D eigenvalue weighted by atomic mass is 79.9. The fraction of sp³-hybridized carbons (Fsp3) is 0.0909. The highest BCUT2D eigenvalue weighted by Gasteiger charge is 2.12. The van der Waals surface area contributed by atoms with Gasteiger partial charge in [-0.25, -0.2) is 0 Å². The molecule has 0 atom stereocenters. The predicted molar refractivity (Wildman–Crippen MR) is 72.0 cm³/mol. The van der Waals surface area contributed by atoms with Crippen molar-refractivity contribution >= 4 is 49.0 Å². The molecule has 0 saturated carbocycles. The fourth-order valence-electron chi connectivity index (χ4n) is 1.31. The molecule has 0 N–H and O–H groups in total. The van der Waals surface area contributed by atoms with Gasteiger partial charge in [-0.05, 0) is 54.9 Å². The van der Waals surface area contributed by atoms with Crippen LogP contribution in [-0.2, 0) is 6.42 Å². The monoisotopic (exact) mass is 359 g/mol. The first-order valence-corrected chi connectivity index (χ1v) is 6.99. The van der Waals surface area contributed by atoms with Crippen molar-refractivity contribution < 1.29 is 4.79 Å². The second-order valence-corrected chi connectivity index (χ2v) is 5.90. The Bertz CT molecular complexity index is 524. The summed E-state index contributed by atoms with van der Waals surface area (Å²) in [4.78, 5) is 16.7. The smallest absolute Gasteiger partial charge is 0.178 e. The van der Waals surface area contributed by atoms with Gasteiger partial charge in [0.15, 0.2) is 5.78 Å². The predicted octanol–water partition coefficient (Wildman–Crippen LogP) is 4.09. The molecule has 0 amide bonds. The summed E-state index contributed by atoms with van der Waals surface area (Å²) in [5.41, 5.74) is 0.916. The average Bonchev–Trinajstić information content (AvgIpc) is 2.64. The third kappa shape index (κ3) is 2.78. The number of ketones is 1. The molecule has 2 aromatic rings. The molecule has 0 aliphatic rings. The van der Waals surface area contributed by atoms with Crippen molar-refractivity contribution in [3.8, 4) is 0 Å². The number of carbonyl (C=O) groups is 1. The number of thiophene rings is 1. The van der Waals surface area contributed by atoms with Gasteiger partial charge in [0, 0.05) is 27.8 Å². The summed E-state index contributed by atoms with van der Waals surface area (Å²) in [5.74, 6) is 0.113. The Morgan fingerprint density at radius 2 is 2.19 bits per heavy atom. The van der Waals surface area contributed by atoms with Gasteiger partial charge in [-0.15, -0.1) is 11.3 Å². The molecule has 2 nitrogen and oxygen atoms in total. The SMILES string of the molecule is O=C(Cc1cncc(Br)c1)c1sccc1Br. The Morgan fingerprint density at radius 3 is 2.81 bits per heavy atom. The van der Waals surface area contributed by atoms with Crippen LogP contribution in [0.25, 0.3) is 0 Å². The minimum Gasteiger partial charge on any atom is -0.293 e. The van der Waals surface area contributed by atoms with Gasteiger partial charge in [0.2, 0.25) is 0 Å². The van der Waals surface area contributed by atoms with Crippen LogP contribution in [-0.4, -0.2) is 10.8 Å². The van der Waals surface area contributed by atoms with Crippen molar-refractivity contribution in [2.75, 3.05) is 0 Å². The van der Waals surface area contributed by atoms with Gasteiger partial charge in [-0.1, -0.05) is 0 Å². The van der Waals surface area contributed by atoms with Crippen LogP contribution < -0.4 is 0 Å². The van der Waals surface area contributed by atoms with Crippen LogP contribution in [0.1, 0.15) is 15.2 Å². The summed E-state index contributed by atoms with van der Waals surface area (Å²) in [5, 5.41) is 1.90. The van der Waals surface area contributed by atoms with Crippen LogP contribution in [0.4, 0.5) is 0 Å². The number of hydrogen-bond donors (Lipinski definition) is 0. The molecule has 0 aromatic carbocycles. The molecule has 0 fully saturated rings. The van der Waals surface area contributed by atoms with E-state index in [4.69, 9.17) is 0 Å². The molecule has 0 spiro atoms. The number of nitrogens with zero attached hydrogens (tertiary/aromatic N) is 1. The number of halogens is 2. The molecule has 0 aliphatic heterocycles. The Kier molecular flexibility index (Phi) is 3.89. The second-order valence-electron chi connectivity index (χ2n) is 3.21. The van der Waals surface area contributed by atoms with Crippen molar-refractivity contribution in [1.29, 1.82) is 0 Å². The normalized spacial score (nSPS) is 10.4. The lowest BCUT2D eigenvalue weighted by Gasteiger charge is -2.00. The van der Waals surface area contributed by atoms with E-state index in [0.717, 1.165) is 19.4 Å². The Labute approximate surface area is 114 Å². The zero-order valence-electron chi connectivity index (χ0n) is 8.11. The summed E-state index contributed by atoms with van der Waals surface area (Å²) >= 11 is 8.15. The zero-order chi connectivity index (χ0) is 11.5. The average molecular weight is 361 g/mol. The van der Waals surface area contributed by atoms with E-state index in [1.54, 1.807) is 12.4 Å². The zero-order valence-corrected chi connectivity index (χ0v) is 12.1. The number of pyridine rings is 1. The molecule has 2 rings (SSSR count). The first kappa shape index (κ1) is 12.0. The summed E-state index contributed by atoms with van der Waals surface area (Å²) in [6.45, 7) is 0. The lowest BCUT2D eigenvalue weighted by atomic mass is 10.1. The maximum atomic E-state index is 11.9. The van der Waals surface area contributed by atoms with Gasteiger partial charge in [0.25, 0.3) is 0 Å². The van der Waals surface area contributed by atoms with Crippen molar-refractivity contribution in [2.24, 2.45) is 0 Å². The minimum atomic E-state index is 0.113. The van der Waals surface area contributed by atoms with Crippen molar-refractivity contribution in [3.05, 3.63) is 49.3 Å². The molecule has 5 heteroatoms. The first-order chi connectivity index (χ1) is 7.66. The van der Waals surface area contributed by atoms with Gasteiger partial charge in [0.1, 0.15) is 0 Å². The lowest BCUT2D eigenvalue weighted by molar-refractivity contribution is 0.0996. The Balaban J connectivity index is 2.17. The second kappa shape index (κ2) is 5.21. The molecule has 2 heterocycles. The Morgan fingerprint density at radius 1 is 1.38 bits per heavy atom. The minimum absolute atomic E-state index is 0.113. The highest BCUT2D eigenvalue weighted by molar-refractivity contribution is 9.10. The van der Waals surface area contributed by atoms with Crippen LogP contribution in [0.15, 0.2) is 38.9 Å². The van der Waals surface area contributed by atoms with Crippen LogP contribution in [0.5, 0.6) is 0 Å². The first-order valence-electron chi connectivity index (χ1n) is 4.52. The lowest BCUT2D eigenvalue weighted by Crippen LogP contribution is -2.02. The van der Waals surface area contributed by atoms with Crippen LogP contribution in [0, 0.1) is 0 Å². The molecule has 0 unspecified atom stereocenters. The van der Waals surface area contributed by atoms with Crippen LogP contribution in [0.3, 0.4) is 0 Å². The Hall–Kier alpha value is -0.520. The summed E-state index contributed by atoms with van der Waals surface area (Å²) < 4.78 is 1.76. The topological polar surface area (TPSA) is 30.0 Å². The van der Waals surface area contributed by atoms with Gasteiger partial charge >= 0.3 is 0 Å². The standard InChI is InChI=1S/C11H7Br2NOS/c12-8-3-7(5-14-6-8)4-10(15)11-9(13)1-2-16-11/h1-3,5-6H,4H2. The molecule has 0 radical (unpaired) electrons. The molecule has 82 valence electrons. The number of Topliss-reactive ketones (excluding diaryl/α,β-unsaturated/α-hetero) is 1. The van der Waals surface area contributed by atoms with Crippen molar-refractivity contribution in [1.82, 2.24) is 4.98 Å². The van der Waals surface area contributed by atoms with Gasteiger partial charge in [-0.3, -0.25) is 9.78 Å². The molecular formula is C11H7Br2NOS. The third-order valence-electron chi connectivity index (χ3n) is 2.00. The van der Waals surface area contributed by atoms with E-state index in [0.29, 0.717) is 6.42 Å². The number of hydrogen-bond acceptors (Lipinski definition) is 3. The largest absolute Gasteiger partial charge is 0.293 e. The highest BCUT2D eigenvalue weighted by Crippen LogP contribution is 2.24. The molecule has 0 aliphatic carbocycles. The summed E-state index contributed by atoms with van der Waals surface area (Å²) in [6, 6.07) is 3.80. The van der Waals surface area contributed by atoms with Crippen molar-refractivity contribution in [2.45, 2.75) is 6.42 Å². The molecule has 2 aromatic heterocycles. The number of carbonyl (C=O) groups excluding carboxylic acids is 1. The van der Waals surface area contributed by atoms with Crippen LogP contribution in [0.2, 0.25) is 0 Å². The van der Waals surface area contributed by atoms with Crippen LogP contribution >= 0.6 is 43.2 Å². The maximum Gasteiger partial charge on any atom is 0.178 e.